The third-order valence-electron chi connectivity index (χ3n) is 3.94. The van der Waals surface area contributed by atoms with Gasteiger partial charge in [-0.25, -0.2) is 4.98 Å². The molecule has 2 aromatic rings. The number of aromatic hydroxyl groups is 1. The van der Waals surface area contributed by atoms with E-state index >= 15 is 0 Å². The number of imidazole rings is 1. The fourth-order valence-corrected chi connectivity index (χ4v) is 3.68. The van der Waals surface area contributed by atoms with Gasteiger partial charge in [0.1, 0.15) is 11.6 Å². The van der Waals surface area contributed by atoms with Crippen LogP contribution in [0, 0.1) is 0 Å². The Labute approximate surface area is 172 Å². The summed E-state index contributed by atoms with van der Waals surface area (Å²) in [5.74, 6) is 1.13. The van der Waals surface area contributed by atoms with Crippen LogP contribution in [0.4, 0.5) is 0 Å². The Bertz CT molecular complexity index is 763. The van der Waals surface area contributed by atoms with Crippen LogP contribution < -0.4 is 0 Å². The first-order valence-corrected chi connectivity index (χ1v) is 11.6. The number of nitrogens with zero attached hydrogens (tertiary/aromatic N) is 2. The van der Waals surface area contributed by atoms with Crippen molar-refractivity contribution in [3.8, 4) is 5.75 Å². The predicted octanol–water partition coefficient (Wildman–Crippen LogP) is 7.00. The van der Waals surface area contributed by atoms with Crippen molar-refractivity contribution in [1.82, 2.24) is 9.55 Å². The van der Waals surface area contributed by atoms with E-state index in [1.165, 1.54) is 19.3 Å². The topological polar surface area (TPSA) is 38.1 Å². The number of hydrogen-bond acceptors (Lipinski definition) is 4. The summed E-state index contributed by atoms with van der Waals surface area (Å²) in [6.07, 6.45) is 14.0. The van der Waals surface area contributed by atoms with Crippen LogP contribution in [-0.4, -0.2) is 26.2 Å². The Morgan fingerprint density at radius 1 is 1.22 bits per heavy atom. The summed E-state index contributed by atoms with van der Waals surface area (Å²) in [5.41, 5.74) is 1.82. The predicted molar refractivity (Wildman–Crippen MR) is 125 cm³/mol. The van der Waals surface area contributed by atoms with Crippen LogP contribution in [0.25, 0.3) is 17.1 Å². The van der Waals surface area contributed by atoms with Crippen molar-refractivity contribution in [3.63, 3.8) is 0 Å². The Kier molecular flexibility index (Phi) is 11.8. The minimum absolute atomic E-state index is 0.262. The number of benzene rings is 1. The van der Waals surface area contributed by atoms with E-state index in [2.05, 4.69) is 37.2 Å². The molecule has 0 saturated heterocycles. The van der Waals surface area contributed by atoms with Crippen LogP contribution >= 0.6 is 23.5 Å². The average Bonchev–Trinajstić information content (AvgIpc) is 2.98. The van der Waals surface area contributed by atoms with E-state index in [0.29, 0.717) is 0 Å². The summed E-state index contributed by atoms with van der Waals surface area (Å²) in [7, 11) is 1.94. The number of aryl methyl sites for hydroxylation is 1. The number of phenolic OH excluding ortho intramolecular Hbond substituents is 1. The molecule has 27 heavy (non-hydrogen) atoms. The molecule has 0 fully saturated rings. The molecule has 0 radical (unpaired) electrons. The van der Waals surface area contributed by atoms with Gasteiger partial charge in [0, 0.05) is 18.4 Å². The van der Waals surface area contributed by atoms with Crippen LogP contribution in [0.15, 0.2) is 47.2 Å². The molecule has 1 atom stereocenters. The Morgan fingerprint density at radius 3 is 2.63 bits per heavy atom. The maximum Gasteiger partial charge on any atom is 0.133 e. The molecule has 0 aliphatic rings. The van der Waals surface area contributed by atoms with E-state index in [1.54, 1.807) is 23.9 Å². The quantitative estimate of drug-likeness (QED) is 0.481. The molecular formula is C22H32N2OS2. The Hall–Kier alpha value is -1.59. The van der Waals surface area contributed by atoms with Crippen LogP contribution in [-0.2, 0) is 7.05 Å². The Morgan fingerprint density at radius 2 is 2.00 bits per heavy atom. The van der Waals surface area contributed by atoms with Gasteiger partial charge in [-0.2, -0.15) is 0 Å². The second-order valence-electron chi connectivity index (χ2n) is 6.05. The first-order chi connectivity index (χ1) is 13.1. The second-order valence-corrected chi connectivity index (χ2v) is 8.00. The molecule has 148 valence electrons. The molecule has 0 amide bonds. The van der Waals surface area contributed by atoms with Gasteiger partial charge < -0.3 is 9.67 Å². The van der Waals surface area contributed by atoms with Gasteiger partial charge in [-0.3, -0.25) is 0 Å². The van der Waals surface area contributed by atoms with Crippen molar-refractivity contribution >= 4 is 40.6 Å². The number of fused-ring (bicyclic) bond motifs is 1. The van der Waals surface area contributed by atoms with E-state index in [-0.39, 0.29) is 5.75 Å². The number of rotatable bonds is 8. The van der Waals surface area contributed by atoms with Crippen molar-refractivity contribution in [2.75, 3.05) is 6.26 Å². The van der Waals surface area contributed by atoms with Gasteiger partial charge in [0.2, 0.25) is 0 Å². The normalized spacial score (nSPS) is 12.9. The van der Waals surface area contributed by atoms with Gasteiger partial charge in [0.25, 0.3) is 0 Å². The Balaban J connectivity index is 0.000000314. The summed E-state index contributed by atoms with van der Waals surface area (Å²) in [4.78, 5) is 4.48. The summed E-state index contributed by atoms with van der Waals surface area (Å²) in [6, 6.07) is 5.19. The molecule has 1 aromatic heterocycles. The molecule has 1 aromatic carbocycles. The van der Waals surface area contributed by atoms with Crippen molar-refractivity contribution in [2.45, 2.75) is 45.3 Å². The number of phenols is 1. The third-order valence-corrected chi connectivity index (χ3v) is 5.76. The van der Waals surface area contributed by atoms with Crippen molar-refractivity contribution in [3.05, 3.63) is 53.1 Å². The largest absolute Gasteiger partial charge is 0.508 e. The first kappa shape index (κ1) is 23.4. The highest BCUT2D eigenvalue weighted by Gasteiger charge is 2.05. The molecule has 0 aliphatic carbocycles. The molecular weight excluding hydrogens is 372 g/mol. The first-order valence-electron chi connectivity index (χ1n) is 9.35. The third kappa shape index (κ3) is 8.31. The standard InChI is InChI=1S/C13H14N2OS.C9H18S/c1-15-12-9-10(16)6-7-11(12)14-13(15)5-3-4-8-17-2;1-4-7-9(6-3)10-8-5-2/h3-9,16H,1-2H3;5,8-9H,4,6-7H2,1-3H3/b5-3+,8-4-;8-5-. The molecule has 0 spiro atoms. The van der Waals surface area contributed by atoms with Crippen molar-refractivity contribution in [1.29, 1.82) is 0 Å². The summed E-state index contributed by atoms with van der Waals surface area (Å²) < 4.78 is 1.96. The van der Waals surface area contributed by atoms with Gasteiger partial charge in [-0.05, 0) is 55.0 Å². The monoisotopic (exact) mass is 404 g/mol. The van der Waals surface area contributed by atoms with E-state index in [0.717, 1.165) is 22.1 Å². The second kappa shape index (κ2) is 13.6. The van der Waals surface area contributed by atoms with Gasteiger partial charge in [-0.1, -0.05) is 38.5 Å². The number of allylic oxidation sites excluding steroid dienone is 3. The molecule has 3 nitrogen and oxygen atoms in total. The van der Waals surface area contributed by atoms with E-state index in [4.69, 9.17) is 0 Å². The zero-order valence-electron chi connectivity index (χ0n) is 17.1. The van der Waals surface area contributed by atoms with Gasteiger partial charge >= 0.3 is 0 Å². The summed E-state index contributed by atoms with van der Waals surface area (Å²) >= 11 is 3.62. The van der Waals surface area contributed by atoms with Crippen LogP contribution in [0.5, 0.6) is 5.75 Å². The molecule has 2 rings (SSSR count). The maximum atomic E-state index is 9.44. The highest BCUT2D eigenvalue weighted by atomic mass is 32.2. The lowest BCUT2D eigenvalue weighted by Crippen LogP contribution is -1.97. The fraction of sp³-hybridized carbons (Fsp3) is 0.409. The van der Waals surface area contributed by atoms with Gasteiger partial charge in [-0.15, -0.1) is 23.5 Å². The zero-order chi connectivity index (χ0) is 20.1. The maximum absolute atomic E-state index is 9.44. The smallest absolute Gasteiger partial charge is 0.133 e. The highest BCUT2D eigenvalue weighted by molar-refractivity contribution is 8.02. The number of hydrogen-bond donors (Lipinski definition) is 1. The zero-order valence-corrected chi connectivity index (χ0v) is 18.7. The SMILES string of the molecule is C/C=C\SC(CC)CCC.CS/C=C\C=C\c1nc2ccc(O)cc2n1C. The molecule has 1 N–H and O–H groups in total. The van der Waals surface area contributed by atoms with Crippen LogP contribution in [0.2, 0.25) is 0 Å². The molecule has 1 heterocycles. The lowest BCUT2D eigenvalue weighted by Gasteiger charge is -2.08. The van der Waals surface area contributed by atoms with Crippen molar-refractivity contribution in [2.24, 2.45) is 7.05 Å². The fourth-order valence-electron chi connectivity index (χ4n) is 2.49. The van der Waals surface area contributed by atoms with Gasteiger partial charge in [0.05, 0.1) is 11.0 Å². The van der Waals surface area contributed by atoms with Crippen molar-refractivity contribution < 1.29 is 5.11 Å². The lowest BCUT2D eigenvalue weighted by molar-refractivity contribution is 0.476. The molecule has 0 saturated carbocycles. The lowest BCUT2D eigenvalue weighted by atomic mass is 10.2. The summed E-state index contributed by atoms with van der Waals surface area (Å²) in [6.45, 7) is 6.58. The minimum Gasteiger partial charge on any atom is -0.508 e. The van der Waals surface area contributed by atoms with E-state index in [9.17, 15) is 5.11 Å². The molecule has 0 bridgehead atoms. The number of aromatic nitrogens is 2. The van der Waals surface area contributed by atoms with E-state index in [1.807, 2.05) is 59.3 Å². The highest BCUT2D eigenvalue weighted by Crippen LogP contribution is 2.21. The van der Waals surface area contributed by atoms with Crippen LogP contribution in [0.3, 0.4) is 0 Å². The minimum atomic E-state index is 0.262. The van der Waals surface area contributed by atoms with Gasteiger partial charge in [0.15, 0.2) is 0 Å². The van der Waals surface area contributed by atoms with E-state index < -0.39 is 0 Å². The average molecular weight is 405 g/mol. The van der Waals surface area contributed by atoms with Crippen LogP contribution in [0.1, 0.15) is 45.9 Å². The summed E-state index contributed by atoms with van der Waals surface area (Å²) in [5, 5.41) is 14.5. The molecule has 0 aliphatic heterocycles. The molecule has 5 heteroatoms. The molecule has 1 unspecified atom stereocenters. The number of thioether (sulfide) groups is 2.